The average molecular weight is 568 g/mol. The predicted octanol–water partition coefficient (Wildman–Crippen LogP) is 4.34. The van der Waals surface area contributed by atoms with E-state index in [9.17, 15) is 4.79 Å². The zero-order chi connectivity index (χ0) is 29.4. The number of benzene rings is 2. The third-order valence-corrected chi connectivity index (χ3v) is 7.27. The summed E-state index contributed by atoms with van der Waals surface area (Å²) >= 11 is 0. The van der Waals surface area contributed by atoms with Crippen molar-refractivity contribution in [2.45, 2.75) is 45.7 Å². The molecule has 1 amide bonds. The van der Waals surface area contributed by atoms with Crippen LogP contribution in [0.25, 0.3) is 34.1 Å². The van der Waals surface area contributed by atoms with Gasteiger partial charge in [0, 0.05) is 48.9 Å². The maximum absolute atomic E-state index is 11.9. The van der Waals surface area contributed by atoms with Crippen LogP contribution in [0.5, 0.6) is 0 Å². The molecular formula is C29H33N11O2. The van der Waals surface area contributed by atoms with E-state index in [2.05, 4.69) is 52.8 Å². The Bertz CT molecular complexity index is 1730. The van der Waals surface area contributed by atoms with Gasteiger partial charge in [0.1, 0.15) is 5.52 Å². The summed E-state index contributed by atoms with van der Waals surface area (Å²) < 4.78 is 7.97. The standard InChI is InChI=1S/C29H33N11O2/c1-16(2)40-15-32-24-25(31)35-29(36-26(24)40)34-23-14-19(6-9-22(23)33-17(3)41)28-38-37-27(42-28)18-4-7-21(8-5-18)39-12-10-20(30)11-13-39/h4-9,14-16,20H,10-13,30H2,1-3H3,(H,33,41)(H3,31,34,35,36). The highest BCUT2D eigenvalue weighted by Gasteiger charge is 2.19. The third kappa shape index (κ3) is 5.46. The van der Waals surface area contributed by atoms with Crippen molar-refractivity contribution in [1.82, 2.24) is 29.7 Å². The fourth-order valence-corrected chi connectivity index (χ4v) is 5.00. The summed E-state index contributed by atoms with van der Waals surface area (Å²) in [5.41, 5.74) is 17.0. The van der Waals surface area contributed by atoms with E-state index in [1.807, 2.05) is 30.5 Å². The maximum atomic E-state index is 11.9. The van der Waals surface area contributed by atoms with Crippen LogP contribution in [0, 0.1) is 0 Å². The summed E-state index contributed by atoms with van der Waals surface area (Å²) in [6, 6.07) is 13.8. The lowest BCUT2D eigenvalue weighted by molar-refractivity contribution is -0.114. The number of nitrogens with one attached hydrogen (secondary N) is 2. The van der Waals surface area contributed by atoms with Crippen LogP contribution in [-0.4, -0.2) is 54.8 Å². The van der Waals surface area contributed by atoms with E-state index >= 15 is 0 Å². The number of nitrogens with zero attached hydrogens (tertiary/aromatic N) is 7. The number of nitrogens with two attached hydrogens (primary N) is 2. The summed E-state index contributed by atoms with van der Waals surface area (Å²) in [5, 5.41) is 14.6. The van der Waals surface area contributed by atoms with E-state index in [-0.39, 0.29) is 29.8 Å². The highest BCUT2D eigenvalue weighted by molar-refractivity contribution is 5.94. The van der Waals surface area contributed by atoms with Crippen LogP contribution in [0.2, 0.25) is 0 Å². The summed E-state index contributed by atoms with van der Waals surface area (Å²) in [4.78, 5) is 27.7. The molecule has 1 aliphatic heterocycles. The number of hydrogen-bond donors (Lipinski definition) is 4. The van der Waals surface area contributed by atoms with Crippen molar-refractivity contribution in [3.8, 4) is 22.9 Å². The first-order chi connectivity index (χ1) is 20.2. The molecule has 0 radical (unpaired) electrons. The molecule has 2 aromatic carbocycles. The van der Waals surface area contributed by atoms with Crippen molar-refractivity contribution >= 4 is 45.9 Å². The Labute approximate surface area is 242 Å². The minimum absolute atomic E-state index is 0.127. The monoisotopic (exact) mass is 567 g/mol. The third-order valence-electron chi connectivity index (χ3n) is 7.27. The van der Waals surface area contributed by atoms with Gasteiger partial charge in [-0.1, -0.05) is 0 Å². The molecule has 1 saturated heterocycles. The minimum Gasteiger partial charge on any atom is -0.416 e. The lowest BCUT2D eigenvalue weighted by Crippen LogP contribution is -2.39. The SMILES string of the molecule is CC(=O)Nc1ccc(-c2nnc(-c3ccc(N4CCC(N)CC4)cc3)o2)cc1Nc1nc(N)c2ncn(C(C)C)c2n1. The number of nitrogen functional groups attached to an aromatic ring is 1. The molecule has 0 bridgehead atoms. The van der Waals surface area contributed by atoms with Crippen LogP contribution in [0.15, 0.2) is 53.2 Å². The van der Waals surface area contributed by atoms with Gasteiger partial charge in [0.25, 0.3) is 0 Å². The maximum Gasteiger partial charge on any atom is 0.248 e. The average Bonchev–Trinajstić information content (AvgIpc) is 3.63. The molecule has 6 rings (SSSR count). The van der Waals surface area contributed by atoms with Gasteiger partial charge in [-0.3, -0.25) is 4.79 Å². The minimum atomic E-state index is -0.226. The Morgan fingerprint density at radius 1 is 1.00 bits per heavy atom. The van der Waals surface area contributed by atoms with Gasteiger partial charge in [0.15, 0.2) is 11.5 Å². The normalized spacial score (nSPS) is 14.1. The number of amides is 1. The van der Waals surface area contributed by atoms with Gasteiger partial charge < -0.3 is 36.0 Å². The second-order valence-corrected chi connectivity index (χ2v) is 10.7. The zero-order valence-electron chi connectivity index (χ0n) is 23.7. The highest BCUT2D eigenvalue weighted by Crippen LogP contribution is 2.33. The summed E-state index contributed by atoms with van der Waals surface area (Å²) in [5.74, 6) is 1.01. The zero-order valence-corrected chi connectivity index (χ0v) is 23.7. The largest absolute Gasteiger partial charge is 0.416 e. The van der Waals surface area contributed by atoms with Gasteiger partial charge in [0.05, 0.1) is 17.7 Å². The van der Waals surface area contributed by atoms with Gasteiger partial charge in [0.2, 0.25) is 23.6 Å². The van der Waals surface area contributed by atoms with Crippen LogP contribution in [0.3, 0.4) is 0 Å². The summed E-state index contributed by atoms with van der Waals surface area (Å²) in [6.45, 7) is 7.40. The summed E-state index contributed by atoms with van der Waals surface area (Å²) in [7, 11) is 0. The lowest BCUT2D eigenvalue weighted by Gasteiger charge is -2.32. The molecule has 3 aromatic heterocycles. The van der Waals surface area contributed by atoms with Crippen LogP contribution in [-0.2, 0) is 4.79 Å². The number of anilines is 5. The fourth-order valence-electron chi connectivity index (χ4n) is 5.00. The van der Waals surface area contributed by atoms with Gasteiger partial charge in [-0.2, -0.15) is 9.97 Å². The van der Waals surface area contributed by atoms with Gasteiger partial charge in [-0.05, 0) is 69.2 Å². The van der Waals surface area contributed by atoms with Crippen LogP contribution < -0.4 is 27.0 Å². The van der Waals surface area contributed by atoms with E-state index in [1.54, 1.807) is 24.5 Å². The molecule has 0 saturated carbocycles. The van der Waals surface area contributed by atoms with Crippen molar-refractivity contribution < 1.29 is 9.21 Å². The molecular weight excluding hydrogens is 534 g/mol. The Kier molecular flexibility index (Phi) is 7.17. The van der Waals surface area contributed by atoms with Crippen LogP contribution in [0.4, 0.5) is 28.8 Å². The van der Waals surface area contributed by atoms with Gasteiger partial charge >= 0.3 is 0 Å². The first-order valence-electron chi connectivity index (χ1n) is 13.9. The number of piperidine rings is 1. The second-order valence-electron chi connectivity index (χ2n) is 10.7. The molecule has 0 unspecified atom stereocenters. The fraction of sp³-hybridized carbons (Fsp3) is 0.310. The van der Waals surface area contributed by atoms with E-state index < -0.39 is 0 Å². The number of rotatable bonds is 7. The summed E-state index contributed by atoms with van der Waals surface area (Å²) in [6.07, 6.45) is 3.67. The molecule has 216 valence electrons. The Morgan fingerprint density at radius 3 is 2.38 bits per heavy atom. The van der Waals surface area contributed by atoms with Crippen molar-refractivity contribution in [1.29, 1.82) is 0 Å². The van der Waals surface area contributed by atoms with E-state index in [0.29, 0.717) is 39.9 Å². The molecule has 5 aromatic rings. The quantitative estimate of drug-likeness (QED) is 0.220. The number of aromatic nitrogens is 6. The molecule has 13 nitrogen and oxygen atoms in total. The number of hydrogen-bond acceptors (Lipinski definition) is 11. The van der Waals surface area contributed by atoms with Crippen molar-refractivity contribution in [2.75, 3.05) is 34.4 Å². The topological polar surface area (TPSA) is 179 Å². The second kappa shape index (κ2) is 11.1. The molecule has 6 N–H and O–H groups in total. The number of carbonyl (C=O) groups excluding carboxylic acids is 1. The molecule has 0 spiro atoms. The first kappa shape index (κ1) is 27.1. The number of imidazole rings is 1. The van der Waals surface area contributed by atoms with E-state index in [4.69, 9.17) is 15.9 Å². The Balaban J connectivity index is 1.28. The van der Waals surface area contributed by atoms with Crippen molar-refractivity contribution in [3.63, 3.8) is 0 Å². The molecule has 4 heterocycles. The molecule has 13 heteroatoms. The van der Waals surface area contributed by atoms with Crippen molar-refractivity contribution in [2.24, 2.45) is 5.73 Å². The van der Waals surface area contributed by atoms with Gasteiger partial charge in [-0.15, -0.1) is 10.2 Å². The number of fused-ring (bicyclic) bond motifs is 1. The molecule has 0 atom stereocenters. The van der Waals surface area contributed by atoms with Crippen LogP contribution in [0.1, 0.15) is 39.7 Å². The molecule has 0 aliphatic carbocycles. The molecule has 1 fully saturated rings. The van der Waals surface area contributed by atoms with Crippen LogP contribution >= 0.6 is 0 Å². The Morgan fingerprint density at radius 2 is 1.69 bits per heavy atom. The van der Waals surface area contributed by atoms with E-state index in [1.165, 1.54) is 6.92 Å². The van der Waals surface area contributed by atoms with Gasteiger partial charge in [-0.25, -0.2) is 4.98 Å². The van der Waals surface area contributed by atoms with Crippen molar-refractivity contribution in [3.05, 3.63) is 48.8 Å². The Hall–Kier alpha value is -5.04. The smallest absolute Gasteiger partial charge is 0.248 e. The molecule has 1 aliphatic rings. The number of carbonyl (C=O) groups is 1. The highest BCUT2D eigenvalue weighted by atomic mass is 16.4. The van der Waals surface area contributed by atoms with E-state index in [0.717, 1.165) is 37.2 Å². The molecule has 42 heavy (non-hydrogen) atoms. The predicted molar refractivity (Wildman–Crippen MR) is 162 cm³/mol. The lowest BCUT2D eigenvalue weighted by atomic mass is 10.1. The first-order valence-corrected chi connectivity index (χ1v) is 13.9.